The monoisotopic (exact) mass is 414 g/mol. The molecule has 0 radical (unpaired) electrons. The molecule has 2 saturated heterocycles. The minimum absolute atomic E-state index is 0.0567. The number of hydrogen-bond donors (Lipinski definition) is 1. The van der Waals surface area contributed by atoms with E-state index in [2.05, 4.69) is 34.3 Å². The highest BCUT2D eigenvalue weighted by Gasteiger charge is 2.35. The lowest BCUT2D eigenvalue weighted by Gasteiger charge is -2.30. The van der Waals surface area contributed by atoms with E-state index < -0.39 is 0 Å². The maximum Gasteiger partial charge on any atom is 0.231 e. The third-order valence-corrected chi connectivity index (χ3v) is 7.05. The van der Waals surface area contributed by atoms with Crippen molar-refractivity contribution in [3.05, 3.63) is 23.8 Å². The normalized spacial score (nSPS) is 21.4. The van der Waals surface area contributed by atoms with Crippen LogP contribution in [0.2, 0.25) is 0 Å². The zero-order chi connectivity index (χ0) is 20.5. The summed E-state index contributed by atoms with van der Waals surface area (Å²) in [6.45, 7) is 10.1. The number of anilines is 1. The number of carbonyl (C=O) groups excluding carboxylic acids is 2. The maximum absolute atomic E-state index is 12.6. The second kappa shape index (κ2) is 8.40. The van der Waals surface area contributed by atoms with E-state index in [1.807, 2.05) is 19.9 Å². The number of hydrogen-bond acceptors (Lipinski definition) is 5. The molecule has 2 aromatic rings. The van der Waals surface area contributed by atoms with Gasteiger partial charge in [0.1, 0.15) is 0 Å². The molecule has 0 bridgehead atoms. The summed E-state index contributed by atoms with van der Waals surface area (Å²) in [5, 5.41) is 3.55. The molecule has 0 spiro atoms. The van der Waals surface area contributed by atoms with Gasteiger partial charge in [0.05, 0.1) is 16.1 Å². The van der Waals surface area contributed by atoms with Gasteiger partial charge in [-0.2, -0.15) is 0 Å². The van der Waals surface area contributed by atoms with Crippen LogP contribution in [0, 0.1) is 11.8 Å². The number of fused-ring (bicyclic) bond motifs is 1. The summed E-state index contributed by atoms with van der Waals surface area (Å²) in [5.41, 5.74) is 2.20. The summed E-state index contributed by atoms with van der Waals surface area (Å²) in [5.74, 6) is 0.488. The van der Waals surface area contributed by atoms with Crippen LogP contribution in [0.4, 0.5) is 5.13 Å². The fourth-order valence-corrected chi connectivity index (χ4v) is 5.15. The zero-order valence-corrected chi connectivity index (χ0v) is 18.3. The first-order valence-electron chi connectivity index (χ1n) is 10.6. The Bertz CT molecular complexity index is 901. The van der Waals surface area contributed by atoms with E-state index in [1.165, 1.54) is 29.7 Å². The zero-order valence-electron chi connectivity index (χ0n) is 17.5. The van der Waals surface area contributed by atoms with Gasteiger partial charge < -0.3 is 10.2 Å². The number of nitrogens with zero attached hydrogens (tertiary/aromatic N) is 3. The molecular formula is C22H30N4O2S. The summed E-state index contributed by atoms with van der Waals surface area (Å²) in [6.07, 6.45) is 2.83. The summed E-state index contributed by atoms with van der Waals surface area (Å²) in [4.78, 5) is 33.6. The maximum atomic E-state index is 12.6. The minimum atomic E-state index is -0.297. The molecule has 29 heavy (non-hydrogen) atoms. The predicted molar refractivity (Wildman–Crippen MR) is 117 cm³/mol. The van der Waals surface area contributed by atoms with E-state index in [0.29, 0.717) is 11.7 Å². The summed E-state index contributed by atoms with van der Waals surface area (Å²) < 4.78 is 1.09. The standard InChI is InChI=1S/C22H30N4O2S/c1-14(2)26-13-17(11-20(26)27)21(28)24-22-23-18-5-4-16(10-19(18)29-22)12-25-8-6-15(3)7-9-25/h4-5,10,14-15,17H,6-9,11-13H2,1-3H3,(H,23,24,28). The first-order valence-corrected chi connectivity index (χ1v) is 11.4. The third kappa shape index (κ3) is 4.61. The molecule has 2 amide bonds. The van der Waals surface area contributed by atoms with E-state index in [1.54, 1.807) is 4.90 Å². The summed E-state index contributed by atoms with van der Waals surface area (Å²) in [7, 11) is 0. The fourth-order valence-electron chi connectivity index (χ4n) is 4.21. The second-order valence-corrected chi connectivity index (χ2v) is 9.84. The molecule has 1 unspecified atom stereocenters. The van der Waals surface area contributed by atoms with Crippen molar-refractivity contribution in [3.63, 3.8) is 0 Å². The second-order valence-electron chi connectivity index (χ2n) is 8.81. The molecule has 7 heteroatoms. The van der Waals surface area contributed by atoms with Gasteiger partial charge in [-0.1, -0.05) is 24.3 Å². The van der Waals surface area contributed by atoms with E-state index in [4.69, 9.17) is 0 Å². The van der Waals surface area contributed by atoms with Crippen LogP contribution in [0.25, 0.3) is 10.2 Å². The number of rotatable bonds is 5. The largest absolute Gasteiger partial charge is 0.339 e. The lowest BCUT2D eigenvalue weighted by atomic mass is 9.99. The number of aromatic nitrogens is 1. The highest BCUT2D eigenvalue weighted by atomic mass is 32.1. The number of benzene rings is 1. The molecule has 1 atom stereocenters. The van der Waals surface area contributed by atoms with Crippen molar-refractivity contribution in [2.24, 2.45) is 11.8 Å². The van der Waals surface area contributed by atoms with Crippen molar-refractivity contribution in [1.29, 1.82) is 0 Å². The number of thiazole rings is 1. The summed E-state index contributed by atoms with van der Waals surface area (Å²) in [6, 6.07) is 6.51. The number of nitrogens with one attached hydrogen (secondary N) is 1. The van der Waals surface area contributed by atoms with Crippen molar-refractivity contribution in [2.75, 3.05) is 25.0 Å². The van der Waals surface area contributed by atoms with Crippen LogP contribution in [0.15, 0.2) is 18.2 Å². The van der Waals surface area contributed by atoms with Crippen molar-refractivity contribution < 1.29 is 9.59 Å². The van der Waals surface area contributed by atoms with E-state index in [9.17, 15) is 9.59 Å². The van der Waals surface area contributed by atoms with E-state index >= 15 is 0 Å². The molecule has 1 aromatic heterocycles. The van der Waals surface area contributed by atoms with Gasteiger partial charge in [0, 0.05) is 25.6 Å². The van der Waals surface area contributed by atoms with Crippen molar-refractivity contribution in [2.45, 2.75) is 52.6 Å². The Morgan fingerprint density at radius 1 is 1.31 bits per heavy atom. The van der Waals surface area contributed by atoms with Crippen molar-refractivity contribution in [3.8, 4) is 0 Å². The Kier molecular flexibility index (Phi) is 5.88. The molecule has 0 aliphatic carbocycles. The van der Waals surface area contributed by atoms with Gasteiger partial charge in [-0.05, 0) is 63.4 Å². The Morgan fingerprint density at radius 2 is 2.07 bits per heavy atom. The number of amides is 2. The van der Waals surface area contributed by atoms with Crippen LogP contribution in [0.1, 0.15) is 45.6 Å². The topological polar surface area (TPSA) is 65.5 Å². The predicted octanol–water partition coefficient (Wildman–Crippen LogP) is 3.72. The lowest BCUT2D eigenvalue weighted by Crippen LogP contribution is -2.33. The van der Waals surface area contributed by atoms with E-state index in [0.717, 1.165) is 35.8 Å². The molecule has 3 heterocycles. The van der Waals surface area contributed by atoms with Gasteiger partial charge in [0.15, 0.2) is 5.13 Å². The van der Waals surface area contributed by atoms with Gasteiger partial charge in [-0.15, -0.1) is 0 Å². The molecule has 4 rings (SSSR count). The number of piperidine rings is 1. The Labute approximate surface area is 176 Å². The molecule has 2 fully saturated rings. The van der Waals surface area contributed by atoms with E-state index in [-0.39, 0.29) is 30.2 Å². The first kappa shape index (κ1) is 20.3. The molecule has 2 aliphatic heterocycles. The number of carbonyl (C=O) groups is 2. The average molecular weight is 415 g/mol. The van der Waals surface area contributed by atoms with Crippen LogP contribution < -0.4 is 5.32 Å². The molecule has 1 aromatic carbocycles. The highest BCUT2D eigenvalue weighted by Crippen LogP contribution is 2.29. The van der Waals surface area contributed by atoms with Gasteiger partial charge in [-0.3, -0.25) is 14.5 Å². The molecule has 0 saturated carbocycles. The fraction of sp³-hybridized carbons (Fsp3) is 0.591. The Morgan fingerprint density at radius 3 is 2.76 bits per heavy atom. The van der Waals surface area contributed by atoms with Gasteiger partial charge >= 0.3 is 0 Å². The van der Waals surface area contributed by atoms with Crippen LogP contribution >= 0.6 is 11.3 Å². The SMILES string of the molecule is CC1CCN(Cc2ccc3nc(NC(=O)C4CC(=O)N(C(C)C)C4)sc3c2)CC1. The van der Waals surface area contributed by atoms with Crippen LogP contribution in [-0.4, -0.2) is 52.3 Å². The van der Waals surface area contributed by atoms with Crippen molar-refractivity contribution >= 4 is 38.5 Å². The van der Waals surface area contributed by atoms with Crippen molar-refractivity contribution in [1.82, 2.24) is 14.8 Å². The van der Waals surface area contributed by atoms with Crippen LogP contribution in [-0.2, 0) is 16.1 Å². The number of likely N-dealkylation sites (tertiary alicyclic amines) is 2. The Hall–Kier alpha value is -1.99. The lowest BCUT2D eigenvalue weighted by molar-refractivity contribution is -0.129. The van der Waals surface area contributed by atoms with Crippen LogP contribution in [0.5, 0.6) is 0 Å². The molecular weight excluding hydrogens is 384 g/mol. The Balaban J connectivity index is 1.40. The quantitative estimate of drug-likeness (QED) is 0.810. The minimum Gasteiger partial charge on any atom is -0.339 e. The first-order chi connectivity index (χ1) is 13.9. The summed E-state index contributed by atoms with van der Waals surface area (Å²) >= 11 is 1.51. The molecule has 1 N–H and O–H groups in total. The van der Waals surface area contributed by atoms with Gasteiger partial charge in [0.25, 0.3) is 0 Å². The third-order valence-electron chi connectivity index (χ3n) is 6.12. The molecule has 2 aliphatic rings. The van der Waals surface area contributed by atoms with Gasteiger partial charge in [-0.25, -0.2) is 4.98 Å². The average Bonchev–Trinajstić information content (AvgIpc) is 3.26. The van der Waals surface area contributed by atoms with Gasteiger partial charge in [0.2, 0.25) is 11.8 Å². The molecule has 156 valence electrons. The van der Waals surface area contributed by atoms with Crippen LogP contribution in [0.3, 0.4) is 0 Å². The molecule has 6 nitrogen and oxygen atoms in total. The smallest absolute Gasteiger partial charge is 0.231 e. The highest BCUT2D eigenvalue weighted by molar-refractivity contribution is 7.22.